The van der Waals surface area contributed by atoms with Gasteiger partial charge in [-0.2, -0.15) is 0 Å². The lowest BCUT2D eigenvalue weighted by molar-refractivity contribution is 0.243. The molecule has 0 heterocycles. The first kappa shape index (κ1) is 15.0. The molecule has 0 aromatic rings. The highest BCUT2D eigenvalue weighted by atomic mass is 14.9. The summed E-state index contributed by atoms with van der Waals surface area (Å²) in [4.78, 5) is 0. The van der Waals surface area contributed by atoms with Gasteiger partial charge < -0.3 is 5.32 Å². The summed E-state index contributed by atoms with van der Waals surface area (Å²) in [5.41, 5.74) is 0.458. The van der Waals surface area contributed by atoms with Crippen LogP contribution >= 0.6 is 0 Å². The van der Waals surface area contributed by atoms with E-state index >= 15 is 0 Å². The zero-order chi connectivity index (χ0) is 12.7. The molecule has 17 heavy (non-hydrogen) atoms. The molecule has 1 saturated carbocycles. The van der Waals surface area contributed by atoms with Crippen LogP contribution in [0.1, 0.15) is 79.1 Å². The normalized spacial score (nSPS) is 20.5. The predicted octanol–water partition coefficient (Wildman–Crippen LogP) is 4.76. The summed E-state index contributed by atoms with van der Waals surface area (Å²) in [5, 5.41) is 3.77. The summed E-state index contributed by atoms with van der Waals surface area (Å²) >= 11 is 0. The Balaban J connectivity index is 2.38. The quantitative estimate of drug-likeness (QED) is 0.704. The van der Waals surface area contributed by atoms with Gasteiger partial charge in [0, 0.05) is 6.04 Å². The van der Waals surface area contributed by atoms with E-state index in [9.17, 15) is 0 Å². The summed E-state index contributed by atoms with van der Waals surface area (Å²) in [7, 11) is 0. The van der Waals surface area contributed by atoms with Crippen molar-refractivity contribution in [1.82, 2.24) is 5.32 Å². The van der Waals surface area contributed by atoms with E-state index in [-0.39, 0.29) is 0 Å². The average Bonchev–Trinajstić information content (AvgIpc) is 2.25. The lowest BCUT2D eigenvalue weighted by Gasteiger charge is -2.31. The van der Waals surface area contributed by atoms with Crippen LogP contribution in [0.5, 0.6) is 0 Å². The van der Waals surface area contributed by atoms with Crippen molar-refractivity contribution in [2.24, 2.45) is 11.3 Å². The number of hydrogen-bond acceptors (Lipinski definition) is 1. The van der Waals surface area contributed by atoms with Gasteiger partial charge in [0.05, 0.1) is 0 Å². The minimum absolute atomic E-state index is 0.458. The Morgan fingerprint density at radius 2 is 1.76 bits per heavy atom. The fraction of sp³-hybridized carbons (Fsp3) is 1.00. The zero-order valence-electron chi connectivity index (χ0n) is 12.5. The molecule has 0 bridgehead atoms. The van der Waals surface area contributed by atoms with Crippen LogP contribution in [0.3, 0.4) is 0 Å². The number of hydrogen-bond donors (Lipinski definition) is 1. The molecule has 1 nitrogen and oxygen atoms in total. The van der Waals surface area contributed by atoms with Gasteiger partial charge >= 0.3 is 0 Å². The molecule has 1 heteroatoms. The molecule has 1 fully saturated rings. The van der Waals surface area contributed by atoms with Crippen LogP contribution in [0.2, 0.25) is 0 Å². The fourth-order valence-corrected chi connectivity index (χ4v) is 3.15. The maximum absolute atomic E-state index is 3.77. The number of nitrogens with one attached hydrogen (secondary N) is 1. The second-order valence-corrected chi connectivity index (χ2v) is 7.16. The lowest BCUT2D eigenvalue weighted by Crippen LogP contribution is -2.35. The summed E-state index contributed by atoms with van der Waals surface area (Å²) < 4.78 is 0. The molecule has 0 aromatic heterocycles. The summed E-state index contributed by atoms with van der Waals surface area (Å²) in [6, 6.07) is 0.748. The molecule has 1 aliphatic carbocycles. The van der Waals surface area contributed by atoms with E-state index in [4.69, 9.17) is 0 Å². The van der Waals surface area contributed by atoms with E-state index in [1.807, 2.05) is 0 Å². The van der Waals surface area contributed by atoms with Crippen LogP contribution in [0.15, 0.2) is 0 Å². The Morgan fingerprint density at radius 3 is 2.29 bits per heavy atom. The Bertz CT molecular complexity index is 186. The molecular weight excluding hydrogens is 206 g/mol. The molecule has 0 saturated heterocycles. The van der Waals surface area contributed by atoms with Crippen LogP contribution in [0.25, 0.3) is 0 Å². The molecule has 1 rings (SSSR count). The van der Waals surface area contributed by atoms with E-state index < -0.39 is 0 Å². The van der Waals surface area contributed by atoms with Crippen molar-refractivity contribution in [2.75, 3.05) is 6.54 Å². The molecule has 1 unspecified atom stereocenters. The third kappa shape index (κ3) is 7.08. The van der Waals surface area contributed by atoms with Crippen molar-refractivity contribution in [3.63, 3.8) is 0 Å². The molecule has 1 N–H and O–H groups in total. The molecule has 1 aliphatic rings. The highest BCUT2D eigenvalue weighted by molar-refractivity contribution is 4.79. The van der Waals surface area contributed by atoms with Crippen LogP contribution < -0.4 is 5.32 Å². The van der Waals surface area contributed by atoms with Gasteiger partial charge in [0.15, 0.2) is 0 Å². The van der Waals surface area contributed by atoms with Crippen molar-refractivity contribution in [2.45, 2.75) is 85.1 Å². The first-order valence-corrected chi connectivity index (χ1v) is 7.74. The second-order valence-electron chi connectivity index (χ2n) is 7.16. The lowest BCUT2D eigenvalue weighted by atomic mass is 9.80. The molecule has 0 spiro atoms. The maximum Gasteiger partial charge on any atom is 0.00746 e. The standard InChI is InChI=1S/C16H33N/c1-5-11-17-15(13-16(2,3)4)12-14-9-7-6-8-10-14/h14-15,17H,5-13H2,1-4H3. The van der Waals surface area contributed by atoms with Gasteiger partial charge in [0.25, 0.3) is 0 Å². The van der Waals surface area contributed by atoms with E-state index in [1.165, 1.54) is 57.9 Å². The van der Waals surface area contributed by atoms with Crippen LogP contribution in [-0.4, -0.2) is 12.6 Å². The molecule has 0 aliphatic heterocycles. The molecule has 102 valence electrons. The Hall–Kier alpha value is -0.0400. The van der Waals surface area contributed by atoms with E-state index in [0.717, 1.165) is 12.0 Å². The molecule has 0 radical (unpaired) electrons. The minimum atomic E-state index is 0.458. The SMILES string of the molecule is CCCNC(CC1CCCCC1)CC(C)(C)C. The Labute approximate surface area is 109 Å². The van der Waals surface area contributed by atoms with E-state index in [1.54, 1.807) is 0 Å². The van der Waals surface area contributed by atoms with Crippen LogP contribution in [0.4, 0.5) is 0 Å². The summed E-state index contributed by atoms with van der Waals surface area (Å²) in [6.07, 6.45) is 11.4. The fourth-order valence-electron chi connectivity index (χ4n) is 3.15. The summed E-state index contributed by atoms with van der Waals surface area (Å²) in [6.45, 7) is 10.6. The van der Waals surface area contributed by atoms with Crippen molar-refractivity contribution < 1.29 is 0 Å². The van der Waals surface area contributed by atoms with Gasteiger partial charge in [0.2, 0.25) is 0 Å². The smallest absolute Gasteiger partial charge is 0.00746 e. The third-order valence-corrected chi connectivity index (χ3v) is 3.88. The van der Waals surface area contributed by atoms with Gasteiger partial charge in [-0.3, -0.25) is 0 Å². The van der Waals surface area contributed by atoms with Crippen molar-refractivity contribution in [3.8, 4) is 0 Å². The minimum Gasteiger partial charge on any atom is -0.314 e. The van der Waals surface area contributed by atoms with Gasteiger partial charge in [-0.15, -0.1) is 0 Å². The van der Waals surface area contributed by atoms with Crippen molar-refractivity contribution in [3.05, 3.63) is 0 Å². The van der Waals surface area contributed by atoms with E-state index in [2.05, 4.69) is 33.0 Å². The number of rotatable bonds is 6. The Kier molecular flexibility index (Phi) is 6.54. The molecular formula is C16H33N. The average molecular weight is 239 g/mol. The van der Waals surface area contributed by atoms with Gasteiger partial charge in [0.1, 0.15) is 0 Å². The molecule has 0 amide bonds. The third-order valence-electron chi connectivity index (χ3n) is 3.88. The van der Waals surface area contributed by atoms with Crippen molar-refractivity contribution in [1.29, 1.82) is 0 Å². The monoisotopic (exact) mass is 239 g/mol. The zero-order valence-corrected chi connectivity index (χ0v) is 12.5. The highest BCUT2D eigenvalue weighted by Gasteiger charge is 2.22. The van der Waals surface area contributed by atoms with Gasteiger partial charge in [-0.1, -0.05) is 59.8 Å². The highest BCUT2D eigenvalue weighted by Crippen LogP contribution is 2.30. The Morgan fingerprint density at radius 1 is 1.12 bits per heavy atom. The maximum atomic E-state index is 3.77. The summed E-state index contributed by atoms with van der Waals surface area (Å²) in [5.74, 6) is 1.00. The largest absolute Gasteiger partial charge is 0.314 e. The second kappa shape index (κ2) is 7.41. The molecule has 0 aromatic carbocycles. The van der Waals surface area contributed by atoms with Gasteiger partial charge in [-0.05, 0) is 37.1 Å². The predicted molar refractivity (Wildman–Crippen MR) is 77.3 cm³/mol. The first-order valence-electron chi connectivity index (χ1n) is 7.74. The first-order chi connectivity index (χ1) is 8.01. The topological polar surface area (TPSA) is 12.0 Å². The molecule has 1 atom stereocenters. The van der Waals surface area contributed by atoms with Crippen molar-refractivity contribution >= 4 is 0 Å². The van der Waals surface area contributed by atoms with Crippen LogP contribution in [-0.2, 0) is 0 Å². The van der Waals surface area contributed by atoms with Crippen LogP contribution in [0, 0.1) is 11.3 Å². The van der Waals surface area contributed by atoms with Gasteiger partial charge in [-0.25, -0.2) is 0 Å². The van der Waals surface area contributed by atoms with E-state index in [0.29, 0.717) is 5.41 Å².